The first-order chi connectivity index (χ1) is 13.8. The molecule has 2 aromatic rings. The molecule has 1 atom stereocenters. The number of nitrogens with zero attached hydrogens (tertiary/aromatic N) is 2. The van der Waals surface area contributed by atoms with Gasteiger partial charge in [-0.1, -0.05) is 18.9 Å². The molecule has 1 saturated carbocycles. The van der Waals surface area contributed by atoms with Crippen molar-refractivity contribution >= 4 is 33.0 Å². The Morgan fingerprint density at radius 2 is 1.86 bits per heavy atom. The van der Waals surface area contributed by atoms with Crippen LogP contribution in [0, 0.1) is 0 Å². The lowest BCUT2D eigenvalue weighted by Gasteiger charge is -2.14. The zero-order chi connectivity index (χ0) is 20.9. The van der Waals surface area contributed by atoms with Crippen molar-refractivity contribution in [2.45, 2.75) is 50.3 Å². The van der Waals surface area contributed by atoms with E-state index in [1.54, 1.807) is 54.3 Å². The minimum Gasteiger partial charge on any atom is -0.326 e. The number of anilines is 2. The topological polar surface area (TPSA) is 110 Å². The third-order valence-corrected chi connectivity index (χ3v) is 7.40. The lowest BCUT2D eigenvalue weighted by atomic mass is 10.2. The minimum atomic E-state index is -3.23. The Hall–Kier alpha value is -2.68. The number of carbonyl (C=O) groups excluding carboxylic acids is 2. The quantitative estimate of drug-likeness (QED) is 0.685. The van der Waals surface area contributed by atoms with Gasteiger partial charge in [-0.25, -0.2) is 8.42 Å². The molecule has 0 radical (unpaired) electrons. The van der Waals surface area contributed by atoms with Crippen molar-refractivity contribution in [1.82, 2.24) is 9.78 Å². The number of nitrogens with one attached hydrogen (secondary N) is 2. The molecule has 0 saturated heterocycles. The summed E-state index contributed by atoms with van der Waals surface area (Å²) < 4.78 is 26.1. The normalized spacial score (nSPS) is 15.8. The van der Waals surface area contributed by atoms with Crippen molar-refractivity contribution in [3.05, 3.63) is 42.7 Å². The van der Waals surface area contributed by atoms with Crippen LogP contribution in [0.5, 0.6) is 0 Å². The fourth-order valence-electron chi connectivity index (χ4n) is 3.42. The van der Waals surface area contributed by atoms with Crippen molar-refractivity contribution < 1.29 is 18.0 Å². The Bertz CT molecular complexity index is 951. The molecule has 156 valence electrons. The summed E-state index contributed by atoms with van der Waals surface area (Å²) >= 11 is 0. The molecular weight excluding hydrogens is 392 g/mol. The van der Waals surface area contributed by atoms with E-state index in [1.165, 1.54) is 0 Å². The molecule has 1 aliphatic rings. The molecule has 3 rings (SSSR count). The summed E-state index contributed by atoms with van der Waals surface area (Å²) in [6.45, 7) is 1.73. The van der Waals surface area contributed by atoms with Crippen LogP contribution in [0.4, 0.5) is 11.4 Å². The average molecular weight is 419 g/mol. The van der Waals surface area contributed by atoms with E-state index in [-0.39, 0.29) is 29.2 Å². The number of sulfone groups is 1. The van der Waals surface area contributed by atoms with E-state index >= 15 is 0 Å². The van der Waals surface area contributed by atoms with Gasteiger partial charge in [0.2, 0.25) is 11.8 Å². The summed E-state index contributed by atoms with van der Waals surface area (Å²) in [5.74, 6) is -0.735. The smallest absolute Gasteiger partial charge is 0.248 e. The third kappa shape index (κ3) is 5.66. The van der Waals surface area contributed by atoms with E-state index in [2.05, 4.69) is 15.7 Å². The Morgan fingerprint density at radius 3 is 2.52 bits per heavy atom. The molecule has 0 bridgehead atoms. The summed E-state index contributed by atoms with van der Waals surface area (Å²) in [6.07, 6.45) is 6.51. The highest BCUT2D eigenvalue weighted by Crippen LogP contribution is 2.25. The number of hydrogen-bond donors (Lipinski definition) is 2. The fourth-order valence-corrected chi connectivity index (χ4v) is 5.28. The van der Waals surface area contributed by atoms with Gasteiger partial charge in [0, 0.05) is 30.2 Å². The summed E-state index contributed by atoms with van der Waals surface area (Å²) in [5.41, 5.74) is 1.03. The number of benzene rings is 1. The summed E-state index contributed by atoms with van der Waals surface area (Å²) in [7, 11) is -3.23. The maximum Gasteiger partial charge on any atom is 0.248 e. The van der Waals surface area contributed by atoms with Crippen LogP contribution in [0.15, 0.2) is 42.7 Å². The first-order valence-corrected chi connectivity index (χ1v) is 11.5. The number of amides is 2. The lowest BCUT2D eigenvalue weighted by molar-refractivity contribution is -0.119. The predicted octanol–water partition coefficient (Wildman–Crippen LogP) is 2.77. The highest BCUT2D eigenvalue weighted by atomic mass is 32.2. The molecule has 9 heteroatoms. The zero-order valence-corrected chi connectivity index (χ0v) is 17.2. The van der Waals surface area contributed by atoms with Crippen LogP contribution < -0.4 is 10.6 Å². The summed E-state index contributed by atoms with van der Waals surface area (Å²) in [5, 5.41) is 9.25. The van der Waals surface area contributed by atoms with Crippen LogP contribution in [0.1, 0.15) is 45.1 Å². The molecule has 1 fully saturated rings. The Kier molecular flexibility index (Phi) is 6.68. The van der Waals surface area contributed by atoms with E-state index in [0.717, 1.165) is 12.8 Å². The van der Waals surface area contributed by atoms with Crippen molar-refractivity contribution in [3.8, 4) is 0 Å². The Labute approximate surface area is 170 Å². The van der Waals surface area contributed by atoms with E-state index in [9.17, 15) is 18.0 Å². The molecule has 0 spiro atoms. The minimum absolute atomic E-state index is 0.0776. The van der Waals surface area contributed by atoms with Gasteiger partial charge in [-0.2, -0.15) is 5.10 Å². The number of hydrogen-bond acceptors (Lipinski definition) is 5. The van der Waals surface area contributed by atoms with Gasteiger partial charge in [0.25, 0.3) is 0 Å². The summed E-state index contributed by atoms with van der Waals surface area (Å²) in [6, 6.07) is 8.01. The number of carbonyl (C=O) groups is 2. The van der Waals surface area contributed by atoms with E-state index < -0.39 is 15.9 Å². The monoisotopic (exact) mass is 418 g/mol. The van der Waals surface area contributed by atoms with Gasteiger partial charge in [-0.05, 0) is 44.0 Å². The fraction of sp³-hybridized carbons (Fsp3) is 0.450. The molecule has 1 aromatic carbocycles. The molecule has 1 aliphatic carbocycles. The molecule has 29 heavy (non-hydrogen) atoms. The van der Waals surface area contributed by atoms with Crippen molar-refractivity contribution in [2.24, 2.45) is 0 Å². The van der Waals surface area contributed by atoms with Gasteiger partial charge in [0.05, 0.1) is 11.0 Å². The molecule has 2 N–H and O–H groups in total. The molecule has 1 aromatic heterocycles. The SMILES string of the molecule is C[C@@H](C(=O)Nc1cccc(NC(=O)CCS(=O)(=O)C2CCCC2)c1)n1cccn1. The molecule has 0 unspecified atom stereocenters. The van der Waals surface area contributed by atoms with Crippen LogP contribution in [-0.2, 0) is 19.4 Å². The maximum absolute atomic E-state index is 12.4. The maximum atomic E-state index is 12.4. The third-order valence-electron chi connectivity index (χ3n) is 5.14. The van der Waals surface area contributed by atoms with E-state index in [0.29, 0.717) is 24.2 Å². The molecule has 8 nitrogen and oxygen atoms in total. The number of aromatic nitrogens is 2. The number of rotatable bonds is 8. The average Bonchev–Trinajstić information content (AvgIpc) is 3.40. The second-order valence-electron chi connectivity index (χ2n) is 7.30. The largest absolute Gasteiger partial charge is 0.326 e. The van der Waals surface area contributed by atoms with Gasteiger partial charge in [0.15, 0.2) is 9.84 Å². The van der Waals surface area contributed by atoms with E-state index in [1.807, 2.05) is 0 Å². The van der Waals surface area contributed by atoms with Gasteiger partial charge in [0.1, 0.15) is 6.04 Å². The van der Waals surface area contributed by atoms with E-state index in [4.69, 9.17) is 0 Å². The van der Waals surface area contributed by atoms with Crippen LogP contribution in [0.25, 0.3) is 0 Å². The second-order valence-corrected chi connectivity index (χ2v) is 9.70. The Balaban J connectivity index is 1.53. The van der Waals surface area contributed by atoms with Gasteiger partial charge < -0.3 is 10.6 Å². The van der Waals surface area contributed by atoms with Crippen LogP contribution in [0.3, 0.4) is 0 Å². The molecule has 2 amide bonds. The zero-order valence-electron chi connectivity index (χ0n) is 16.4. The first-order valence-electron chi connectivity index (χ1n) is 9.76. The highest BCUT2D eigenvalue weighted by Gasteiger charge is 2.28. The van der Waals surface area contributed by atoms with Gasteiger partial charge >= 0.3 is 0 Å². The summed E-state index contributed by atoms with van der Waals surface area (Å²) in [4.78, 5) is 24.6. The molecular formula is C20H26N4O4S. The van der Waals surface area contributed by atoms with Gasteiger partial charge in [-0.15, -0.1) is 0 Å². The first kappa shape index (κ1) is 21.0. The molecule has 1 heterocycles. The van der Waals surface area contributed by atoms with Crippen LogP contribution in [0.2, 0.25) is 0 Å². The molecule has 0 aliphatic heterocycles. The van der Waals surface area contributed by atoms with Crippen LogP contribution >= 0.6 is 0 Å². The predicted molar refractivity (Wildman–Crippen MR) is 111 cm³/mol. The Morgan fingerprint density at radius 1 is 1.17 bits per heavy atom. The highest BCUT2D eigenvalue weighted by molar-refractivity contribution is 7.92. The van der Waals surface area contributed by atoms with Crippen molar-refractivity contribution in [1.29, 1.82) is 0 Å². The van der Waals surface area contributed by atoms with Crippen molar-refractivity contribution in [3.63, 3.8) is 0 Å². The second kappa shape index (κ2) is 9.21. The van der Waals surface area contributed by atoms with Crippen molar-refractivity contribution in [2.75, 3.05) is 16.4 Å². The lowest BCUT2D eigenvalue weighted by Crippen LogP contribution is -2.25. The standard InChI is InChI=1S/C20H26N4O4S/c1-15(24-12-5-11-21-24)20(26)23-17-7-4-6-16(14-17)22-19(25)10-13-29(27,28)18-8-2-3-9-18/h4-7,11-12,14-15,18H,2-3,8-10,13H2,1H3,(H,22,25)(H,23,26)/t15-/m0/s1. The van der Waals surface area contributed by atoms with Gasteiger partial charge in [-0.3, -0.25) is 14.3 Å². The van der Waals surface area contributed by atoms with Crippen LogP contribution in [-0.4, -0.2) is 41.0 Å².